The van der Waals surface area contributed by atoms with Gasteiger partial charge in [0.15, 0.2) is 0 Å². The summed E-state index contributed by atoms with van der Waals surface area (Å²) in [5, 5.41) is 15.7. The fourth-order valence-corrected chi connectivity index (χ4v) is 3.16. The second kappa shape index (κ2) is 6.00. The Balaban J connectivity index is 1.86. The average molecular weight is 317 g/mol. The predicted molar refractivity (Wildman–Crippen MR) is 94.8 cm³/mol. The second-order valence-corrected chi connectivity index (χ2v) is 6.35. The van der Waals surface area contributed by atoms with Crippen molar-refractivity contribution in [1.82, 2.24) is 5.32 Å². The highest BCUT2D eigenvalue weighted by Crippen LogP contribution is 2.37. The van der Waals surface area contributed by atoms with E-state index >= 15 is 0 Å². The van der Waals surface area contributed by atoms with Gasteiger partial charge in [0.25, 0.3) is 0 Å². The molecular formula is C21H19NO2. The van der Waals surface area contributed by atoms with E-state index in [0.717, 1.165) is 34.7 Å². The lowest BCUT2D eigenvalue weighted by Crippen LogP contribution is -2.30. The van der Waals surface area contributed by atoms with Gasteiger partial charge >= 0.3 is 0 Å². The van der Waals surface area contributed by atoms with Crippen molar-refractivity contribution in [3.05, 3.63) is 77.9 Å². The van der Waals surface area contributed by atoms with Crippen molar-refractivity contribution < 1.29 is 9.90 Å². The number of phenolic OH excluding ortho intramolecular Hbond substituents is 1. The van der Waals surface area contributed by atoms with Crippen LogP contribution in [0.15, 0.2) is 66.7 Å². The molecule has 1 unspecified atom stereocenters. The number of rotatable bonds is 4. The molecule has 3 aromatic rings. The van der Waals surface area contributed by atoms with Crippen molar-refractivity contribution in [1.29, 1.82) is 0 Å². The Bertz CT molecular complexity index is 885. The van der Waals surface area contributed by atoms with Gasteiger partial charge in [-0.15, -0.1) is 0 Å². The SMILES string of the molecule is O=C(NC(c1ccccc1)c1c(O)ccc2ccccc12)C1CC1. The second-order valence-electron chi connectivity index (χ2n) is 6.35. The van der Waals surface area contributed by atoms with E-state index in [2.05, 4.69) is 5.32 Å². The van der Waals surface area contributed by atoms with Crippen LogP contribution in [-0.4, -0.2) is 11.0 Å². The Labute approximate surface area is 140 Å². The van der Waals surface area contributed by atoms with Crippen LogP contribution in [0.25, 0.3) is 10.8 Å². The summed E-state index contributed by atoms with van der Waals surface area (Å²) in [7, 11) is 0. The molecule has 1 aliphatic carbocycles. The average Bonchev–Trinajstić information content (AvgIpc) is 3.46. The fourth-order valence-electron chi connectivity index (χ4n) is 3.16. The molecule has 1 aliphatic rings. The van der Waals surface area contributed by atoms with Crippen molar-refractivity contribution in [3.8, 4) is 5.75 Å². The Hall–Kier alpha value is -2.81. The third-order valence-corrected chi connectivity index (χ3v) is 4.60. The Morgan fingerprint density at radius 3 is 2.42 bits per heavy atom. The molecule has 0 aromatic heterocycles. The maximum atomic E-state index is 12.4. The first-order valence-electron chi connectivity index (χ1n) is 8.30. The minimum Gasteiger partial charge on any atom is -0.508 e. The highest BCUT2D eigenvalue weighted by molar-refractivity contribution is 5.90. The normalized spacial score (nSPS) is 15.2. The third-order valence-electron chi connectivity index (χ3n) is 4.60. The van der Waals surface area contributed by atoms with E-state index in [-0.39, 0.29) is 23.6 Å². The van der Waals surface area contributed by atoms with E-state index < -0.39 is 0 Å². The lowest BCUT2D eigenvalue weighted by Gasteiger charge is -2.22. The molecule has 3 heteroatoms. The van der Waals surface area contributed by atoms with E-state index in [1.165, 1.54) is 0 Å². The quantitative estimate of drug-likeness (QED) is 0.759. The third kappa shape index (κ3) is 2.73. The Morgan fingerprint density at radius 1 is 0.958 bits per heavy atom. The molecule has 120 valence electrons. The topological polar surface area (TPSA) is 49.3 Å². The van der Waals surface area contributed by atoms with Gasteiger partial charge in [-0.1, -0.05) is 60.7 Å². The summed E-state index contributed by atoms with van der Waals surface area (Å²) >= 11 is 0. The van der Waals surface area contributed by atoms with Crippen LogP contribution in [0.5, 0.6) is 5.75 Å². The lowest BCUT2D eigenvalue weighted by atomic mass is 9.92. The van der Waals surface area contributed by atoms with E-state index in [1.54, 1.807) is 6.07 Å². The summed E-state index contributed by atoms with van der Waals surface area (Å²) in [5.41, 5.74) is 1.73. The number of aromatic hydroxyl groups is 1. The van der Waals surface area contributed by atoms with Gasteiger partial charge in [-0.25, -0.2) is 0 Å². The summed E-state index contributed by atoms with van der Waals surface area (Å²) in [6.45, 7) is 0. The molecule has 4 rings (SSSR count). The first-order chi connectivity index (χ1) is 11.7. The molecule has 0 heterocycles. The lowest BCUT2D eigenvalue weighted by molar-refractivity contribution is -0.122. The minimum absolute atomic E-state index is 0.0659. The van der Waals surface area contributed by atoms with Gasteiger partial charge in [-0.05, 0) is 35.2 Å². The maximum absolute atomic E-state index is 12.4. The van der Waals surface area contributed by atoms with Crippen LogP contribution < -0.4 is 5.32 Å². The number of hydrogen-bond donors (Lipinski definition) is 2. The Kier molecular flexibility index (Phi) is 3.69. The van der Waals surface area contributed by atoms with Crippen LogP contribution in [0.1, 0.15) is 30.0 Å². The monoisotopic (exact) mass is 317 g/mol. The minimum atomic E-state index is -0.356. The zero-order valence-corrected chi connectivity index (χ0v) is 13.3. The fraction of sp³-hybridized carbons (Fsp3) is 0.190. The van der Waals surface area contributed by atoms with Crippen LogP contribution in [0.3, 0.4) is 0 Å². The highest BCUT2D eigenvalue weighted by atomic mass is 16.3. The van der Waals surface area contributed by atoms with Crippen molar-refractivity contribution >= 4 is 16.7 Å². The van der Waals surface area contributed by atoms with Crippen LogP contribution in [-0.2, 0) is 4.79 Å². The first kappa shape index (κ1) is 14.8. The van der Waals surface area contributed by atoms with Gasteiger partial charge < -0.3 is 10.4 Å². The number of carbonyl (C=O) groups excluding carboxylic acids is 1. The van der Waals surface area contributed by atoms with E-state index in [0.29, 0.717) is 0 Å². The molecule has 2 N–H and O–H groups in total. The molecule has 0 aliphatic heterocycles. The molecule has 3 aromatic carbocycles. The zero-order chi connectivity index (χ0) is 16.5. The number of nitrogens with one attached hydrogen (secondary N) is 1. The largest absolute Gasteiger partial charge is 0.508 e. The molecule has 0 bridgehead atoms. The van der Waals surface area contributed by atoms with Crippen molar-refractivity contribution in [3.63, 3.8) is 0 Å². The van der Waals surface area contributed by atoms with Crippen LogP contribution in [0.2, 0.25) is 0 Å². The van der Waals surface area contributed by atoms with Crippen LogP contribution >= 0.6 is 0 Å². The molecule has 0 spiro atoms. The number of benzene rings is 3. The van der Waals surface area contributed by atoms with Crippen molar-refractivity contribution in [2.24, 2.45) is 5.92 Å². The molecule has 1 amide bonds. The number of amides is 1. The van der Waals surface area contributed by atoms with Gasteiger partial charge in [-0.2, -0.15) is 0 Å². The predicted octanol–water partition coefficient (Wildman–Crippen LogP) is 4.16. The molecule has 1 atom stereocenters. The van der Waals surface area contributed by atoms with Gasteiger partial charge in [0.05, 0.1) is 6.04 Å². The molecule has 0 radical (unpaired) electrons. The summed E-state index contributed by atoms with van der Waals surface area (Å²) in [6, 6.07) is 21.0. The van der Waals surface area contributed by atoms with E-state index in [4.69, 9.17) is 0 Å². The maximum Gasteiger partial charge on any atom is 0.223 e. The number of phenols is 1. The standard InChI is InChI=1S/C21H19NO2/c23-18-13-12-14-6-4-5-9-17(14)19(18)20(15-7-2-1-3-8-15)22-21(24)16-10-11-16/h1-9,12-13,16,20,23H,10-11H2,(H,22,24). The molecule has 1 saturated carbocycles. The summed E-state index contributed by atoms with van der Waals surface area (Å²) in [6.07, 6.45) is 1.91. The molecule has 1 fully saturated rings. The number of fused-ring (bicyclic) bond motifs is 1. The Morgan fingerprint density at radius 2 is 1.67 bits per heavy atom. The number of hydrogen-bond acceptors (Lipinski definition) is 2. The first-order valence-corrected chi connectivity index (χ1v) is 8.30. The number of carbonyl (C=O) groups is 1. The molecular weight excluding hydrogens is 298 g/mol. The molecule has 24 heavy (non-hydrogen) atoms. The van der Waals surface area contributed by atoms with Gasteiger partial charge in [0.2, 0.25) is 5.91 Å². The highest BCUT2D eigenvalue weighted by Gasteiger charge is 2.32. The summed E-state index contributed by atoms with van der Waals surface area (Å²) < 4.78 is 0. The van der Waals surface area contributed by atoms with Gasteiger partial charge in [0.1, 0.15) is 5.75 Å². The van der Waals surface area contributed by atoms with Crippen molar-refractivity contribution in [2.45, 2.75) is 18.9 Å². The molecule has 0 saturated heterocycles. The van der Waals surface area contributed by atoms with Gasteiger partial charge in [0, 0.05) is 11.5 Å². The molecule has 3 nitrogen and oxygen atoms in total. The summed E-state index contributed by atoms with van der Waals surface area (Å²) in [4.78, 5) is 12.4. The van der Waals surface area contributed by atoms with E-state index in [1.807, 2.05) is 60.7 Å². The van der Waals surface area contributed by atoms with Crippen LogP contribution in [0.4, 0.5) is 0 Å². The van der Waals surface area contributed by atoms with Crippen LogP contribution in [0, 0.1) is 5.92 Å². The van der Waals surface area contributed by atoms with Crippen molar-refractivity contribution in [2.75, 3.05) is 0 Å². The smallest absolute Gasteiger partial charge is 0.223 e. The zero-order valence-electron chi connectivity index (χ0n) is 13.3. The van der Waals surface area contributed by atoms with Gasteiger partial charge in [-0.3, -0.25) is 4.79 Å². The summed E-state index contributed by atoms with van der Waals surface area (Å²) in [5.74, 6) is 0.392. The van der Waals surface area contributed by atoms with E-state index in [9.17, 15) is 9.90 Å².